The molecule has 5 nitrogen and oxygen atoms in total. The van der Waals surface area contributed by atoms with Crippen LogP contribution in [0.1, 0.15) is 45.2 Å². The first-order chi connectivity index (χ1) is 11.3. The summed E-state index contributed by atoms with van der Waals surface area (Å²) < 4.78 is 0. The summed E-state index contributed by atoms with van der Waals surface area (Å²) in [6.07, 6.45) is 0.353. The predicted octanol–water partition coefficient (Wildman–Crippen LogP) is 2.81. The average molecular weight is 349 g/mol. The van der Waals surface area contributed by atoms with Crippen molar-refractivity contribution in [1.29, 1.82) is 0 Å². The second-order valence-electron chi connectivity index (χ2n) is 5.84. The first-order valence-corrected chi connectivity index (χ1v) is 8.10. The standard InChI is InChI=1S/C18H21ClN2O3/c1-10-4-6-13(7-5-10)14(8-9-22)21-18(24)15-11(2)16(19)12(3)20-17(15)23/h4-7,14,22H,8-9H2,1-3H3,(H,20,23)(H,21,24)/t14-/m0/s1. The Bertz CT molecular complexity index is 797. The number of aromatic nitrogens is 1. The van der Waals surface area contributed by atoms with Gasteiger partial charge in [0.05, 0.1) is 11.1 Å². The third-order valence-corrected chi connectivity index (χ3v) is 4.56. The third-order valence-electron chi connectivity index (χ3n) is 3.99. The third kappa shape index (κ3) is 3.86. The number of benzene rings is 1. The van der Waals surface area contributed by atoms with Gasteiger partial charge in [-0.15, -0.1) is 0 Å². The molecular weight excluding hydrogens is 328 g/mol. The molecule has 0 radical (unpaired) electrons. The van der Waals surface area contributed by atoms with Crippen LogP contribution in [-0.2, 0) is 0 Å². The molecule has 0 aliphatic carbocycles. The molecule has 0 fully saturated rings. The molecule has 1 aromatic heterocycles. The molecule has 128 valence electrons. The number of carbonyl (C=O) groups is 1. The summed E-state index contributed by atoms with van der Waals surface area (Å²) in [7, 11) is 0. The lowest BCUT2D eigenvalue weighted by Crippen LogP contribution is -2.34. The Hall–Kier alpha value is -2.11. The highest BCUT2D eigenvalue weighted by molar-refractivity contribution is 6.32. The maximum absolute atomic E-state index is 12.6. The number of H-pyrrole nitrogens is 1. The van der Waals surface area contributed by atoms with Crippen LogP contribution in [-0.4, -0.2) is 22.6 Å². The van der Waals surface area contributed by atoms with Crippen LogP contribution in [0.2, 0.25) is 5.02 Å². The van der Waals surface area contributed by atoms with Gasteiger partial charge >= 0.3 is 0 Å². The number of amides is 1. The number of aromatic amines is 1. The molecule has 1 aromatic carbocycles. The van der Waals surface area contributed by atoms with Gasteiger partial charge in [-0.2, -0.15) is 0 Å². The molecule has 0 unspecified atom stereocenters. The number of aliphatic hydroxyl groups is 1. The van der Waals surface area contributed by atoms with E-state index in [0.717, 1.165) is 11.1 Å². The van der Waals surface area contributed by atoms with E-state index in [2.05, 4.69) is 10.3 Å². The first kappa shape index (κ1) is 18.2. The summed E-state index contributed by atoms with van der Waals surface area (Å²) in [6.45, 7) is 5.22. The van der Waals surface area contributed by atoms with Crippen LogP contribution in [0.3, 0.4) is 0 Å². The molecule has 2 aromatic rings. The van der Waals surface area contributed by atoms with Gasteiger partial charge in [0.2, 0.25) is 0 Å². The molecule has 6 heteroatoms. The van der Waals surface area contributed by atoms with Gasteiger partial charge in [0.25, 0.3) is 11.5 Å². The first-order valence-electron chi connectivity index (χ1n) is 7.72. The monoisotopic (exact) mass is 348 g/mol. The zero-order valence-corrected chi connectivity index (χ0v) is 14.7. The van der Waals surface area contributed by atoms with Crippen molar-refractivity contribution in [2.24, 2.45) is 0 Å². The largest absolute Gasteiger partial charge is 0.396 e. The normalized spacial score (nSPS) is 12.0. The molecule has 3 N–H and O–H groups in total. The maximum atomic E-state index is 12.6. The fourth-order valence-electron chi connectivity index (χ4n) is 2.60. The molecule has 0 saturated heterocycles. The minimum absolute atomic E-state index is 0.000603. The Morgan fingerprint density at radius 2 is 1.88 bits per heavy atom. The number of carbonyl (C=O) groups excluding carboxylic acids is 1. The van der Waals surface area contributed by atoms with Crippen molar-refractivity contribution in [2.75, 3.05) is 6.61 Å². The van der Waals surface area contributed by atoms with Gasteiger partial charge in [-0.1, -0.05) is 41.4 Å². The summed E-state index contributed by atoms with van der Waals surface area (Å²) in [4.78, 5) is 27.3. The quantitative estimate of drug-likeness (QED) is 0.777. The van der Waals surface area contributed by atoms with Crippen molar-refractivity contribution in [2.45, 2.75) is 33.2 Å². The molecule has 0 spiro atoms. The minimum Gasteiger partial charge on any atom is -0.396 e. The molecule has 0 saturated carbocycles. The second kappa shape index (κ2) is 7.64. The zero-order valence-electron chi connectivity index (χ0n) is 13.9. The van der Waals surface area contributed by atoms with E-state index in [-0.39, 0.29) is 18.2 Å². The second-order valence-corrected chi connectivity index (χ2v) is 6.22. The molecule has 0 aliphatic heterocycles. The number of aryl methyl sites for hydroxylation is 2. The van der Waals surface area contributed by atoms with E-state index in [4.69, 9.17) is 11.6 Å². The summed E-state index contributed by atoms with van der Waals surface area (Å²) >= 11 is 6.14. The highest BCUT2D eigenvalue weighted by Crippen LogP contribution is 2.21. The minimum atomic E-state index is -0.505. The Kier molecular flexibility index (Phi) is 5.80. The average Bonchev–Trinajstić information content (AvgIpc) is 2.53. The smallest absolute Gasteiger partial charge is 0.261 e. The number of halogens is 1. The highest BCUT2D eigenvalue weighted by atomic mass is 35.5. The van der Waals surface area contributed by atoms with Gasteiger partial charge in [-0.25, -0.2) is 0 Å². The SMILES string of the molecule is Cc1ccc([C@H](CCO)NC(=O)c2c(C)c(Cl)c(C)[nH]c2=O)cc1. The lowest BCUT2D eigenvalue weighted by Gasteiger charge is -2.19. The number of aliphatic hydroxyl groups excluding tert-OH is 1. The van der Waals surface area contributed by atoms with E-state index < -0.39 is 11.5 Å². The van der Waals surface area contributed by atoms with E-state index in [0.29, 0.717) is 22.7 Å². The Morgan fingerprint density at radius 3 is 2.46 bits per heavy atom. The fraction of sp³-hybridized carbons (Fsp3) is 0.333. The van der Waals surface area contributed by atoms with Gasteiger partial charge < -0.3 is 15.4 Å². The maximum Gasteiger partial charge on any atom is 0.261 e. The van der Waals surface area contributed by atoms with Crippen molar-refractivity contribution in [3.05, 3.63) is 67.6 Å². The lowest BCUT2D eigenvalue weighted by molar-refractivity contribution is 0.0928. The molecule has 0 bridgehead atoms. The zero-order chi connectivity index (χ0) is 17.9. The fourth-order valence-corrected chi connectivity index (χ4v) is 2.74. The Labute approximate surface area is 145 Å². The van der Waals surface area contributed by atoms with E-state index in [1.807, 2.05) is 31.2 Å². The Balaban J connectivity index is 2.34. The predicted molar refractivity (Wildman–Crippen MR) is 94.6 cm³/mol. The summed E-state index contributed by atoms with van der Waals surface area (Å²) in [5.74, 6) is -0.505. The molecule has 1 heterocycles. The van der Waals surface area contributed by atoms with Crippen molar-refractivity contribution in [1.82, 2.24) is 10.3 Å². The van der Waals surface area contributed by atoms with Gasteiger partial charge in [0, 0.05) is 12.3 Å². The molecule has 1 amide bonds. The topological polar surface area (TPSA) is 82.2 Å². The van der Waals surface area contributed by atoms with Crippen molar-refractivity contribution in [3.8, 4) is 0 Å². The number of nitrogens with one attached hydrogen (secondary N) is 2. The number of rotatable bonds is 5. The molecule has 0 aliphatic rings. The van der Waals surface area contributed by atoms with E-state index in [9.17, 15) is 14.7 Å². The van der Waals surface area contributed by atoms with Crippen molar-refractivity contribution < 1.29 is 9.90 Å². The van der Waals surface area contributed by atoms with Crippen molar-refractivity contribution >= 4 is 17.5 Å². The van der Waals surface area contributed by atoms with Crippen LogP contribution in [0, 0.1) is 20.8 Å². The van der Waals surface area contributed by atoms with Crippen LogP contribution in [0.15, 0.2) is 29.1 Å². The van der Waals surface area contributed by atoms with Gasteiger partial charge in [-0.3, -0.25) is 9.59 Å². The van der Waals surface area contributed by atoms with Gasteiger partial charge in [0.1, 0.15) is 5.56 Å². The summed E-state index contributed by atoms with van der Waals surface area (Å²) in [5.41, 5.74) is 2.48. The molecular formula is C18H21ClN2O3. The van der Waals surface area contributed by atoms with Crippen LogP contribution in [0.5, 0.6) is 0 Å². The van der Waals surface area contributed by atoms with E-state index in [1.165, 1.54) is 0 Å². The van der Waals surface area contributed by atoms with Crippen molar-refractivity contribution in [3.63, 3.8) is 0 Å². The number of hydrogen-bond donors (Lipinski definition) is 3. The summed E-state index contributed by atoms with van der Waals surface area (Å²) in [5, 5.41) is 12.5. The molecule has 24 heavy (non-hydrogen) atoms. The van der Waals surface area contributed by atoms with E-state index in [1.54, 1.807) is 13.8 Å². The summed E-state index contributed by atoms with van der Waals surface area (Å²) in [6, 6.07) is 7.28. The van der Waals surface area contributed by atoms with Crippen LogP contribution in [0.4, 0.5) is 0 Å². The molecule has 1 atom stereocenters. The molecule has 2 rings (SSSR count). The Morgan fingerprint density at radius 1 is 1.25 bits per heavy atom. The highest BCUT2D eigenvalue weighted by Gasteiger charge is 2.21. The van der Waals surface area contributed by atoms with Gasteiger partial charge in [0.15, 0.2) is 0 Å². The number of pyridine rings is 1. The van der Waals surface area contributed by atoms with E-state index >= 15 is 0 Å². The number of hydrogen-bond acceptors (Lipinski definition) is 3. The van der Waals surface area contributed by atoms with Gasteiger partial charge in [-0.05, 0) is 38.3 Å². The van der Waals surface area contributed by atoms with Crippen LogP contribution in [0.25, 0.3) is 0 Å². The lowest BCUT2D eigenvalue weighted by atomic mass is 10.0. The van der Waals surface area contributed by atoms with Crippen LogP contribution >= 0.6 is 11.6 Å². The van der Waals surface area contributed by atoms with Crippen LogP contribution < -0.4 is 10.9 Å².